The number of hydrogen-bond donors (Lipinski definition) is 2. The van der Waals surface area contributed by atoms with Crippen LogP contribution in [0.2, 0.25) is 0 Å². The van der Waals surface area contributed by atoms with E-state index < -0.39 is 0 Å². The van der Waals surface area contributed by atoms with E-state index in [1.807, 2.05) is 7.05 Å². The maximum Gasteiger partial charge on any atom is 0.0389 e. The summed E-state index contributed by atoms with van der Waals surface area (Å²) in [6, 6.07) is 12.7. The minimum Gasteiger partial charge on any atom is -0.388 e. The van der Waals surface area contributed by atoms with Crippen LogP contribution in [-0.2, 0) is 0 Å². The molecule has 0 saturated carbocycles. The zero-order valence-corrected chi connectivity index (χ0v) is 13.5. The first-order valence-corrected chi connectivity index (χ1v) is 7.34. The Bertz CT molecular complexity index is 629. The van der Waals surface area contributed by atoms with Crippen LogP contribution in [0.1, 0.15) is 30.5 Å². The monoisotopic (exact) mass is 280 g/mol. The highest BCUT2D eigenvalue weighted by Gasteiger charge is 2.06. The molecule has 0 aromatic heterocycles. The van der Waals surface area contributed by atoms with Crippen molar-refractivity contribution in [2.75, 3.05) is 17.7 Å². The summed E-state index contributed by atoms with van der Waals surface area (Å²) in [6.07, 6.45) is 2.17. The third-order valence-electron chi connectivity index (χ3n) is 3.82. The first-order valence-electron chi connectivity index (χ1n) is 7.34. The molecule has 2 N–H and O–H groups in total. The van der Waals surface area contributed by atoms with E-state index >= 15 is 0 Å². The quantitative estimate of drug-likeness (QED) is 0.771. The fraction of sp³-hybridized carbons (Fsp3) is 0.263. The van der Waals surface area contributed by atoms with Crippen LogP contribution in [0.4, 0.5) is 17.1 Å². The van der Waals surface area contributed by atoms with Gasteiger partial charge in [-0.25, -0.2) is 0 Å². The Morgan fingerprint density at radius 3 is 1.90 bits per heavy atom. The van der Waals surface area contributed by atoms with Gasteiger partial charge in [-0.05, 0) is 86.4 Å². The number of anilines is 3. The summed E-state index contributed by atoms with van der Waals surface area (Å²) in [5, 5.41) is 6.60. The molecule has 0 aliphatic heterocycles. The van der Waals surface area contributed by atoms with Gasteiger partial charge in [0, 0.05) is 24.1 Å². The van der Waals surface area contributed by atoms with Gasteiger partial charge in [0.25, 0.3) is 0 Å². The molecule has 2 aromatic rings. The number of benzene rings is 2. The molecule has 0 aliphatic rings. The van der Waals surface area contributed by atoms with Crippen molar-refractivity contribution < 1.29 is 0 Å². The Kier molecular flexibility index (Phi) is 4.69. The molecule has 2 nitrogen and oxygen atoms in total. The second-order valence-corrected chi connectivity index (χ2v) is 5.41. The van der Waals surface area contributed by atoms with Crippen LogP contribution < -0.4 is 10.6 Å². The summed E-state index contributed by atoms with van der Waals surface area (Å²) >= 11 is 0. The molecular formula is C19H24N2. The van der Waals surface area contributed by atoms with E-state index in [1.165, 1.54) is 22.3 Å². The lowest BCUT2D eigenvalue weighted by molar-refractivity contribution is 1.32. The van der Waals surface area contributed by atoms with Crippen LogP contribution in [0.25, 0.3) is 5.57 Å². The predicted octanol–water partition coefficient (Wildman–Crippen LogP) is 5.51. The number of rotatable bonds is 4. The Morgan fingerprint density at radius 2 is 1.43 bits per heavy atom. The van der Waals surface area contributed by atoms with Gasteiger partial charge < -0.3 is 10.6 Å². The smallest absolute Gasteiger partial charge is 0.0389 e. The van der Waals surface area contributed by atoms with Crippen molar-refractivity contribution in [3.63, 3.8) is 0 Å². The Morgan fingerprint density at radius 1 is 0.905 bits per heavy atom. The molecular weight excluding hydrogens is 256 g/mol. The van der Waals surface area contributed by atoms with Gasteiger partial charge in [-0.2, -0.15) is 0 Å². The summed E-state index contributed by atoms with van der Waals surface area (Å²) in [4.78, 5) is 0. The maximum atomic E-state index is 3.47. The van der Waals surface area contributed by atoms with E-state index in [-0.39, 0.29) is 0 Å². The maximum absolute atomic E-state index is 3.47. The molecule has 0 fully saturated rings. The topological polar surface area (TPSA) is 24.1 Å². The molecule has 2 aromatic carbocycles. The number of aryl methyl sites for hydroxylation is 2. The number of nitrogens with one attached hydrogen (secondary N) is 2. The zero-order valence-electron chi connectivity index (χ0n) is 13.5. The average molecular weight is 280 g/mol. The lowest BCUT2D eigenvalue weighted by Gasteiger charge is -2.15. The van der Waals surface area contributed by atoms with E-state index in [9.17, 15) is 0 Å². The standard InChI is InChI=1S/C19H24N2/c1-6-13(2)19-14(3)11-18(12-15(19)4)21-17-9-7-16(20-5)8-10-17/h6-12,20-21H,1-5H3. The molecule has 0 amide bonds. The average Bonchev–Trinajstić information content (AvgIpc) is 2.47. The van der Waals surface area contributed by atoms with Gasteiger partial charge in [-0.3, -0.25) is 0 Å². The molecule has 0 spiro atoms. The van der Waals surface area contributed by atoms with Crippen molar-refractivity contribution in [1.29, 1.82) is 0 Å². The summed E-state index contributed by atoms with van der Waals surface area (Å²) < 4.78 is 0. The van der Waals surface area contributed by atoms with E-state index in [0.717, 1.165) is 17.1 Å². The highest BCUT2D eigenvalue weighted by Crippen LogP contribution is 2.28. The fourth-order valence-electron chi connectivity index (χ4n) is 2.69. The van der Waals surface area contributed by atoms with E-state index in [4.69, 9.17) is 0 Å². The Hall–Kier alpha value is -2.22. The molecule has 0 radical (unpaired) electrons. The molecule has 2 heteroatoms. The van der Waals surface area contributed by atoms with E-state index in [0.29, 0.717) is 0 Å². The van der Waals surface area contributed by atoms with Crippen LogP contribution in [-0.4, -0.2) is 7.05 Å². The van der Waals surface area contributed by atoms with Crippen LogP contribution in [0.3, 0.4) is 0 Å². The van der Waals surface area contributed by atoms with Crippen molar-refractivity contribution in [3.8, 4) is 0 Å². The second kappa shape index (κ2) is 6.49. The van der Waals surface area contributed by atoms with Gasteiger partial charge in [0.1, 0.15) is 0 Å². The van der Waals surface area contributed by atoms with Crippen molar-refractivity contribution in [2.45, 2.75) is 27.7 Å². The molecule has 2 rings (SSSR count). The number of hydrogen-bond acceptors (Lipinski definition) is 2. The molecule has 0 bridgehead atoms. The van der Waals surface area contributed by atoms with Crippen molar-refractivity contribution in [2.24, 2.45) is 0 Å². The van der Waals surface area contributed by atoms with Gasteiger partial charge in [-0.15, -0.1) is 0 Å². The van der Waals surface area contributed by atoms with Crippen LogP contribution >= 0.6 is 0 Å². The molecule has 110 valence electrons. The van der Waals surface area contributed by atoms with Gasteiger partial charge in [0.2, 0.25) is 0 Å². The normalized spacial score (nSPS) is 11.4. The van der Waals surface area contributed by atoms with Crippen molar-refractivity contribution in [1.82, 2.24) is 0 Å². The van der Waals surface area contributed by atoms with Crippen molar-refractivity contribution >= 4 is 22.6 Å². The molecule has 0 heterocycles. The van der Waals surface area contributed by atoms with E-state index in [1.54, 1.807) is 0 Å². The van der Waals surface area contributed by atoms with Crippen molar-refractivity contribution in [3.05, 3.63) is 59.2 Å². The fourth-order valence-corrected chi connectivity index (χ4v) is 2.69. The van der Waals surface area contributed by atoms with Gasteiger partial charge >= 0.3 is 0 Å². The molecule has 0 unspecified atom stereocenters. The lowest BCUT2D eigenvalue weighted by Crippen LogP contribution is -1.96. The highest BCUT2D eigenvalue weighted by molar-refractivity contribution is 5.73. The summed E-state index contributed by atoms with van der Waals surface area (Å²) in [6.45, 7) is 8.60. The minimum absolute atomic E-state index is 1.10. The first-order chi connectivity index (χ1) is 10.0. The van der Waals surface area contributed by atoms with Crippen LogP contribution in [0.15, 0.2) is 42.5 Å². The van der Waals surface area contributed by atoms with Gasteiger partial charge in [0.05, 0.1) is 0 Å². The zero-order chi connectivity index (χ0) is 15.4. The third kappa shape index (κ3) is 3.46. The summed E-state index contributed by atoms with van der Waals surface area (Å²) in [5.74, 6) is 0. The molecule has 0 atom stereocenters. The first kappa shape index (κ1) is 15.2. The van der Waals surface area contributed by atoms with Crippen LogP contribution in [0.5, 0.6) is 0 Å². The number of allylic oxidation sites excluding steroid dienone is 2. The summed E-state index contributed by atoms with van der Waals surface area (Å²) in [5.41, 5.74) is 8.65. The SMILES string of the molecule is CC=C(C)c1c(C)cc(Nc2ccc(NC)cc2)cc1C. The largest absolute Gasteiger partial charge is 0.388 e. The second-order valence-electron chi connectivity index (χ2n) is 5.41. The summed E-state index contributed by atoms with van der Waals surface area (Å²) in [7, 11) is 1.93. The molecule has 0 saturated heterocycles. The molecule has 0 aliphatic carbocycles. The third-order valence-corrected chi connectivity index (χ3v) is 3.82. The van der Waals surface area contributed by atoms with E-state index in [2.05, 4.69) is 80.8 Å². The molecule has 21 heavy (non-hydrogen) atoms. The van der Waals surface area contributed by atoms with Gasteiger partial charge in [0.15, 0.2) is 0 Å². The van der Waals surface area contributed by atoms with Gasteiger partial charge in [-0.1, -0.05) is 6.08 Å². The predicted molar refractivity (Wildman–Crippen MR) is 94.5 cm³/mol. The Labute approximate surface area is 127 Å². The van der Waals surface area contributed by atoms with Crippen LogP contribution in [0, 0.1) is 13.8 Å². The highest BCUT2D eigenvalue weighted by atomic mass is 14.9. The lowest BCUT2D eigenvalue weighted by atomic mass is 9.95. The minimum atomic E-state index is 1.10. The Balaban J connectivity index is 2.29.